The van der Waals surface area contributed by atoms with Crippen LogP contribution in [-0.4, -0.2) is 47.5 Å². The van der Waals surface area contributed by atoms with Gasteiger partial charge >= 0.3 is 0 Å². The highest BCUT2D eigenvalue weighted by atomic mass is 79.9. The Hall–Kier alpha value is -2.66. The topological polar surface area (TPSA) is 119 Å². The third-order valence-electron chi connectivity index (χ3n) is 7.29. The number of aromatic nitrogens is 4. The monoisotopic (exact) mass is 527 g/mol. The van der Waals surface area contributed by atoms with E-state index in [0.717, 1.165) is 20.9 Å². The van der Waals surface area contributed by atoms with Crippen LogP contribution in [0, 0.1) is 18.7 Å². The molecule has 0 radical (unpaired) electrons. The predicted molar refractivity (Wildman–Crippen MR) is 127 cm³/mol. The van der Waals surface area contributed by atoms with Gasteiger partial charge in [0.2, 0.25) is 0 Å². The third-order valence-corrected chi connectivity index (χ3v) is 7.93. The summed E-state index contributed by atoms with van der Waals surface area (Å²) < 4.78 is 23.1. The highest BCUT2D eigenvalue weighted by Crippen LogP contribution is 2.50. The lowest BCUT2D eigenvalue weighted by Crippen LogP contribution is -2.45. The van der Waals surface area contributed by atoms with Crippen molar-refractivity contribution in [3.63, 3.8) is 0 Å². The summed E-state index contributed by atoms with van der Waals surface area (Å²) in [6, 6.07) is 7.95. The lowest BCUT2D eigenvalue weighted by atomic mass is 9.90. The second-order valence-electron chi connectivity index (χ2n) is 9.31. The summed E-state index contributed by atoms with van der Waals surface area (Å²) in [5.74, 6) is -0.0905. The number of ether oxygens (including phenoxy) is 1. The Morgan fingerprint density at radius 3 is 2.97 bits per heavy atom. The summed E-state index contributed by atoms with van der Waals surface area (Å²) in [5, 5.41) is 23.8. The van der Waals surface area contributed by atoms with Gasteiger partial charge in [-0.25, -0.2) is 19.3 Å². The van der Waals surface area contributed by atoms with E-state index in [1.54, 1.807) is 6.92 Å². The van der Waals surface area contributed by atoms with Crippen molar-refractivity contribution in [3.8, 4) is 0 Å². The molecule has 1 aliphatic heterocycles. The number of aliphatic hydroxyl groups excluding tert-OH is 1. The van der Waals surface area contributed by atoms with Crippen molar-refractivity contribution >= 4 is 43.7 Å². The third kappa shape index (κ3) is 3.16. The fourth-order valence-corrected chi connectivity index (χ4v) is 5.91. The van der Waals surface area contributed by atoms with E-state index >= 15 is 0 Å². The summed E-state index contributed by atoms with van der Waals surface area (Å²) in [6.07, 6.45) is 1.57. The number of aliphatic hydroxyl groups is 2. The van der Waals surface area contributed by atoms with E-state index in [-0.39, 0.29) is 11.3 Å². The van der Waals surface area contributed by atoms with E-state index in [2.05, 4.69) is 30.9 Å². The Balaban J connectivity index is 1.31. The number of pyridine rings is 1. The Morgan fingerprint density at radius 2 is 2.15 bits per heavy atom. The standard InChI is InChI=1S/C24H23BrFN5O3/c1-11-18-16(26)9-31(22(18)29-10-28-11)23-19(32)24(33)5-4-14(20(24)34-23)6-12-2-3-13-8-15(25)21(27)30-17(13)7-12/h2-3,7-10,14,19-20,23,32-33H,4-6H2,1H3,(H2,27,30)/t14-,19?,20+,23+,24-/m0/s1. The van der Waals surface area contributed by atoms with Crippen LogP contribution in [0.3, 0.4) is 0 Å². The summed E-state index contributed by atoms with van der Waals surface area (Å²) in [7, 11) is 0. The molecule has 1 saturated heterocycles. The molecule has 5 atom stereocenters. The number of nitrogen functional groups attached to an aromatic ring is 1. The highest BCUT2D eigenvalue weighted by molar-refractivity contribution is 9.10. The normalized spacial score (nSPS) is 28.7. The zero-order chi connectivity index (χ0) is 23.8. The van der Waals surface area contributed by atoms with Crippen LogP contribution in [0.15, 0.2) is 41.3 Å². The van der Waals surface area contributed by atoms with Gasteiger partial charge in [-0.2, -0.15) is 0 Å². The van der Waals surface area contributed by atoms with Crippen molar-refractivity contribution in [3.05, 3.63) is 58.3 Å². The zero-order valence-electron chi connectivity index (χ0n) is 18.3. The second-order valence-corrected chi connectivity index (χ2v) is 10.2. The number of benzene rings is 1. The number of aryl methyl sites for hydroxylation is 1. The number of nitrogens with zero attached hydrogens (tertiary/aromatic N) is 4. The van der Waals surface area contributed by atoms with Crippen molar-refractivity contribution in [2.75, 3.05) is 5.73 Å². The molecule has 0 spiro atoms. The number of hydrogen-bond acceptors (Lipinski definition) is 7. The van der Waals surface area contributed by atoms with Gasteiger partial charge in [-0.15, -0.1) is 0 Å². The van der Waals surface area contributed by atoms with Crippen LogP contribution in [-0.2, 0) is 11.2 Å². The van der Waals surface area contributed by atoms with Gasteiger partial charge in [-0.1, -0.05) is 12.1 Å². The van der Waals surface area contributed by atoms with Crippen LogP contribution in [0.4, 0.5) is 10.2 Å². The first kappa shape index (κ1) is 21.8. The number of hydrogen-bond donors (Lipinski definition) is 3. The van der Waals surface area contributed by atoms with E-state index in [1.165, 1.54) is 17.1 Å². The average Bonchev–Trinajstić information content (AvgIpc) is 3.39. The fraction of sp³-hybridized carbons (Fsp3) is 0.375. The van der Waals surface area contributed by atoms with Gasteiger partial charge < -0.3 is 25.3 Å². The van der Waals surface area contributed by atoms with E-state index in [4.69, 9.17) is 10.5 Å². The highest BCUT2D eigenvalue weighted by Gasteiger charge is 2.61. The zero-order valence-corrected chi connectivity index (χ0v) is 19.9. The quantitative estimate of drug-likeness (QED) is 0.373. The molecule has 2 fully saturated rings. The van der Waals surface area contributed by atoms with Gasteiger partial charge in [-0.3, -0.25) is 0 Å². The number of halogens is 2. The van der Waals surface area contributed by atoms with Crippen LogP contribution in [0.5, 0.6) is 0 Å². The maximum atomic E-state index is 14.7. The average molecular weight is 528 g/mol. The maximum absolute atomic E-state index is 14.7. The number of nitrogens with two attached hydrogens (primary N) is 1. The SMILES string of the molecule is Cc1ncnc2c1c(F)cn2[C@@H]1O[C@@H]2[C@H](Cc3ccc4cc(Br)c(N)nc4c3)CC[C@]2(O)C1O. The molecule has 8 nitrogen and oxygen atoms in total. The van der Waals surface area contributed by atoms with Gasteiger partial charge in [0.1, 0.15) is 29.5 Å². The molecule has 6 rings (SSSR count). The maximum Gasteiger partial charge on any atom is 0.164 e. The van der Waals surface area contributed by atoms with E-state index in [9.17, 15) is 14.6 Å². The Kier molecular flexibility index (Phi) is 4.93. The molecule has 1 aliphatic carbocycles. The van der Waals surface area contributed by atoms with Crippen LogP contribution in [0.1, 0.15) is 30.3 Å². The lowest BCUT2D eigenvalue weighted by Gasteiger charge is -2.26. The summed E-state index contributed by atoms with van der Waals surface area (Å²) in [5.41, 5.74) is 7.19. The van der Waals surface area contributed by atoms with Crippen molar-refractivity contribution in [2.24, 2.45) is 5.92 Å². The summed E-state index contributed by atoms with van der Waals surface area (Å²) >= 11 is 3.40. The Bertz CT molecular complexity index is 1450. The van der Waals surface area contributed by atoms with E-state index < -0.39 is 29.9 Å². The van der Waals surface area contributed by atoms with Gasteiger partial charge in [0, 0.05) is 11.6 Å². The van der Waals surface area contributed by atoms with E-state index in [1.807, 2.05) is 24.3 Å². The first-order valence-corrected chi connectivity index (χ1v) is 11.9. The van der Waals surface area contributed by atoms with Crippen LogP contribution < -0.4 is 5.73 Å². The molecule has 4 N–H and O–H groups in total. The minimum absolute atomic E-state index is 0.0297. The predicted octanol–water partition coefficient (Wildman–Crippen LogP) is 3.41. The second kappa shape index (κ2) is 7.67. The molecular formula is C24H23BrFN5O3. The molecule has 1 unspecified atom stereocenters. The molecule has 176 valence electrons. The summed E-state index contributed by atoms with van der Waals surface area (Å²) in [4.78, 5) is 12.7. The van der Waals surface area contributed by atoms with Gasteiger partial charge in [0.25, 0.3) is 0 Å². The van der Waals surface area contributed by atoms with Crippen molar-refractivity contribution < 1.29 is 19.3 Å². The van der Waals surface area contributed by atoms with Crippen molar-refractivity contribution in [1.29, 1.82) is 0 Å². The largest absolute Gasteiger partial charge is 0.385 e. The summed E-state index contributed by atoms with van der Waals surface area (Å²) in [6.45, 7) is 1.70. The minimum atomic E-state index is -1.42. The minimum Gasteiger partial charge on any atom is -0.385 e. The van der Waals surface area contributed by atoms with Crippen molar-refractivity contribution in [1.82, 2.24) is 19.5 Å². The molecule has 34 heavy (non-hydrogen) atoms. The molecule has 2 aliphatic rings. The molecule has 4 heterocycles. The van der Waals surface area contributed by atoms with Gasteiger partial charge in [0.15, 0.2) is 12.0 Å². The fourth-order valence-electron chi connectivity index (χ4n) is 5.57. The number of rotatable bonds is 3. The molecular weight excluding hydrogens is 505 g/mol. The first-order chi connectivity index (χ1) is 16.3. The first-order valence-electron chi connectivity index (χ1n) is 11.1. The number of anilines is 1. The molecule has 0 amide bonds. The van der Waals surface area contributed by atoms with Gasteiger partial charge in [-0.05, 0) is 65.7 Å². The van der Waals surface area contributed by atoms with Crippen molar-refractivity contribution in [2.45, 2.75) is 50.2 Å². The molecule has 1 saturated carbocycles. The van der Waals surface area contributed by atoms with Crippen LogP contribution >= 0.6 is 15.9 Å². The van der Waals surface area contributed by atoms with E-state index in [0.29, 0.717) is 36.4 Å². The van der Waals surface area contributed by atoms with Gasteiger partial charge in [0.05, 0.1) is 27.2 Å². The molecule has 0 bridgehead atoms. The lowest BCUT2D eigenvalue weighted by molar-refractivity contribution is -0.0675. The molecule has 10 heteroatoms. The van der Waals surface area contributed by atoms with Crippen LogP contribution in [0.2, 0.25) is 0 Å². The molecule has 4 aromatic rings. The van der Waals surface area contributed by atoms with Crippen LogP contribution in [0.25, 0.3) is 21.9 Å². The Morgan fingerprint density at radius 1 is 1.32 bits per heavy atom. The smallest absolute Gasteiger partial charge is 0.164 e. The molecule has 3 aromatic heterocycles. The Labute approximate surface area is 202 Å². The number of fused-ring (bicyclic) bond motifs is 3. The molecule has 1 aromatic carbocycles.